The topological polar surface area (TPSA) is 66.4 Å². The van der Waals surface area contributed by atoms with Crippen LogP contribution < -0.4 is 5.32 Å². The molecule has 1 aromatic carbocycles. The number of hydrogen-bond acceptors (Lipinski definition) is 2. The van der Waals surface area contributed by atoms with Gasteiger partial charge in [0.15, 0.2) is 0 Å². The van der Waals surface area contributed by atoms with Crippen molar-refractivity contribution in [3.8, 4) is 0 Å². The minimum atomic E-state index is -0.956. The van der Waals surface area contributed by atoms with Crippen LogP contribution in [0.4, 0.5) is 0 Å². The number of hydrogen-bond donors (Lipinski definition) is 2. The van der Waals surface area contributed by atoms with Crippen molar-refractivity contribution in [1.29, 1.82) is 0 Å². The van der Waals surface area contributed by atoms with E-state index in [1.807, 2.05) is 19.1 Å². The molecule has 0 saturated carbocycles. The fraction of sp³-hybridized carbons (Fsp3) is 0.500. The Bertz CT molecular complexity index is 471. The molecule has 20 heavy (non-hydrogen) atoms. The molecule has 0 heterocycles. The lowest BCUT2D eigenvalue weighted by atomic mass is 9.86. The third-order valence-corrected chi connectivity index (χ3v) is 3.22. The van der Waals surface area contributed by atoms with E-state index in [4.69, 9.17) is 5.11 Å². The first-order chi connectivity index (χ1) is 9.20. The monoisotopic (exact) mass is 277 g/mol. The summed E-state index contributed by atoms with van der Waals surface area (Å²) in [5.74, 6) is -1.19. The second kappa shape index (κ2) is 6.55. The maximum atomic E-state index is 11.6. The lowest BCUT2D eigenvalue weighted by Gasteiger charge is -2.20. The van der Waals surface area contributed by atoms with Gasteiger partial charge in [-0.3, -0.25) is 9.59 Å². The van der Waals surface area contributed by atoms with Gasteiger partial charge in [0.05, 0.1) is 12.5 Å². The molecule has 1 aromatic rings. The van der Waals surface area contributed by atoms with Gasteiger partial charge in [-0.2, -0.15) is 0 Å². The van der Waals surface area contributed by atoms with Crippen LogP contribution in [0.25, 0.3) is 0 Å². The zero-order valence-electron chi connectivity index (χ0n) is 12.6. The highest BCUT2D eigenvalue weighted by Gasteiger charge is 2.15. The number of carboxylic acids is 1. The molecular weight excluding hydrogens is 254 g/mol. The van der Waals surface area contributed by atoms with E-state index in [9.17, 15) is 9.59 Å². The normalized spacial score (nSPS) is 12.8. The Morgan fingerprint density at radius 2 is 1.70 bits per heavy atom. The standard InChI is InChI=1S/C16H23NO3/c1-11(17-14(18)9-10-15(19)20)12-5-7-13(8-6-12)16(2,3)4/h5-8,11H,9-10H2,1-4H3,(H,17,18)(H,19,20). The molecule has 4 heteroatoms. The molecule has 0 fully saturated rings. The molecule has 0 aromatic heterocycles. The summed E-state index contributed by atoms with van der Waals surface area (Å²) in [6, 6.07) is 8.01. The first-order valence-electron chi connectivity index (χ1n) is 6.82. The van der Waals surface area contributed by atoms with Crippen molar-refractivity contribution in [2.45, 2.75) is 52.0 Å². The van der Waals surface area contributed by atoms with Crippen LogP contribution >= 0.6 is 0 Å². The summed E-state index contributed by atoms with van der Waals surface area (Å²) in [6.45, 7) is 8.35. The van der Waals surface area contributed by atoms with Crippen LogP contribution in [0.3, 0.4) is 0 Å². The summed E-state index contributed by atoms with van der Waals surface area (Å²) in [5, 5.41) is 11.3. The van der Waals surface area contributed by atoms with Gasteiger partial charge in [-0.15, -0.1) is 0 Å². The van der Waals surface area contributed by atoms with Crippen molar-refractivity contribution in [2.24, 2.45) is 0 Å². The average Bonchev–Trinajstić information content (AvgIpc) is 2.35. The summed E-state index contributed by atoms with van der Waals surface area (Å²) < 4.78 is 0. The molecule has 0 aliphatic heterocycles. The minimum absolute atomic E-state index is 0.0136. The molecule has 0 spiro atoms. The van der Waals surface area contributed by atoms with E-state index in [0.29, 0.717) is 0 Å². The summed E-state index contributed by atoms with van der Waals surface area (Å²) in [5.41, 5.74) is 2.36. The molecule has 0 saturated heterocycles. The van der Waals surface area contributed by atoms with Crippen molar-refractivity contribution < 1.29 is 14.7 Å². The molecule has 1 atom stereocenters. The quantitative estimate of drug-likeness (QED) is 0.869. The molecule has 0 bridgehead atoms. The van der Waals surface area contributed by atoms with Crippen molar-refractivity contribution in [1.82, 2.24) is 5.32 Å². The third-order valence-electron chi connectivity index (χ3n) is 3.22. The Labute approximate surface area is 120 Å². The Hall–Kier alpha value is -1.84. The lowest BCUT2D eigenvalue weighted by Crippen LogP contribution is -2.27. The van der Waals surface area contributed by atoms with E-state index in [-0.39, 0.29) is 30.2 Å². The number of rotatable bonds is 5. The first kappa shape index (κ1) is 16.2. The van der Waals surface area contributed by atoms with Gasteiger partial charge in [-0.05, 0) is 23.5 Å². The van der Waals surface area contributed by atoms with E-state index >= 15 is 0 Å². The van der Waals surface area contributed by atoms with Crippen LogP contribution in [0.1, 0.15) is 57.7 Å². The number of carboxylic acid groups (broad SMARTS) is 1. The van der Waals surface area contributed by atoms with Crippen LogP contribution in [0.15, 0.2) is 24.3 Å². The van der Waals surface area contributed by atoms with E-state index in [0.717, 1.165) is 5.56 Å². The highest BCUT2D eigenvalue weighted by atomic mass is 16.4. The fourth-order valence-corrected chi connectivity index (χ4v) is 1.89. The SMILES string of the molecule is CC(NC(=O)CCC(=O)O)c1ccc(C(C)(C)C)cc1. The van der Waals surface area contributed by atoms with Gasteiger partial charge in [-0.25, -0.2) is 0 Å². The highest BCUT2D eigenvalue weighted by molar-refractivity contribution is 5.80. The van der Waals surface area contributed by atoms with Gasteiger partial charge in [0.1, 0.15) is 0 Å². The van der Waals surface area contributed by atoms with Gasteiger partial charge in [-0.1, -0.05) is 45.0 Å². The number of amides is 1. The van der Waals surface area contributed by atoms with Gasteiger partial charge in [0.2, 0.25) is 5.91 Å². The predicted octanol–water partition coefficient (Wildman–Crippen LogP) is 3.03. The van der Waals surface area contributed by atoms with Gasteiger partial charge in [0.25, 0.3) is 0 Å². The van der Waals surface area contributed by atoms with Crippen molar-refractivity contribution in [3.05, 3.63) is 35.4 Å². The van der Waals surface area contributed by atoms with E-state index in [2.05, 4.69) is 38.2 Å². The number of aliphatic carboxylic acids is 1. The molecule has 0 aliphatic carbocycles. The smallest absolute Gasteiger partial charge is 0.303 e. The van der Waals surface area contributed by atoms with E-state index in [1.165, 1.54) is 5.56 Å². The molecule has 0 aliphatic rings. The molecule has 110 valence electrons. The zero-order chi connectivity index (χ0) is 15.3. The maximum Gasteiger partial charge on any atom is 0.303 e. The van der Waals surface area contributed by atoms with E-state index in [1.54, 1.807) is 0 Å². The molecule has 4 nitrogen and oxygen atoms in total. The summed E-state index contributed by atoms with van der Waals surface area (Å²) in [4.78, 5) is 22.0. The number of carbonyl (C=O) groups excluding carboxylic acids is 1. The number of carbonyl (C=O) groups is 2. The van der Waals surface area contributed by atoms with Crippen LogP contribution in [0, 0.1) is 0 Å². The minimum Gasteiger partial charge on any atom is -0.481 e. The summed E-state index contributed by atoms with van der Waals surface area (Å²) in [6.07, 6.45) is -0.124. The summed E-state index contributed by atoms with van der Waals surface area (Å²) >= 11 is 0. The summed E-state index contributed by atoms with van der Waals surface area (Å²) in [7, 11) is 0. The van der Waals surface area contributed by atoms with Crippen LogP contribution in [-0.2, 0) is 15.0 Å². The Morgan fingerprint density at radius 3 is 2.15 bits per heavy atom. The van der Waals surface area contributed by atoms with Crippen LogP contribution in [0.2, 0.25) is 0 Å². The molecule has 2 N–H and O–H groups in total. The molecule has 1 unspecified atom stereocenters. The van der Waals surface area contributed by atoms with Gasteiger partial charge in [0, 0.05) is 6.42 Å². The largest absolute Gasteiger partial charge is 0.481 e. The van der Waals surface area contributed by atoms with Gasteiger partial charge < -0.3 is 10.4 Å². The van der Waals surface area contributed by atoms with Crippen LogP contribution in [0.5, 0.6) is 0 Å². The fourth-order valence-electron chi connectivity index (χ4n) is 1.89. The molecular formula is C16H23NO3. The molecule has 1 amide bonds. The second-order valence-electron chi connectivity index (χ2n) is 6.05. The molecule has 0 radical (unpaired) electrons. The first-order valence-corrected chi connectivity index (χ1v) is 6.82. The maximum absolute atomic E-state index is 11.6. The Morgan fingerprint density at radius 1 is 1.15 bits per heavy atom. The van der Waals surface area contributed by atoms with Crippen LogP contribution in [-0.4, -0.2) is 17.0 Å². The Balaban J connectivity index is 2.62. The zero-order valence-corrected chi connectivity index (χ0v) is 12.6. The number of nitrogens with one attached hydrogen (secondary N) is 1. The third kappa shape index (κ3) is 5.03. The lowest BCUT2D eigenvalue weighted by molar-refractivity contribution is -0.138. The highest BCUT2D eigenvalue weighted by Crippen LogP contribution is 2.23. The predicted molar refractivity (Wildman–Crippen MR) is 78.6 cm³/mol. The second-order valence-corrected chi connectivity index (χ2v) is 6.05. The molecule has 1 rings (SSSR count). The Kier molecular flexibility index (Phi) is 5.31. The van der Waals surface area contributed by atoms with Gasteiger partial charge >= 0.3 is 5.97 Å². The average molecular weight is 277 g/mol. The van der Waals surface area contributed by atoms with Crippen molar-refractivity contribution in [3.63, 3.8) is 0 Å². The number of benzene rings is 1. The van der Waals surface area contributed by atoms with E-state index < -0.39 is 5.97 Å². The van der Waals surface area contributed by atoms with Crippen molar-refractivity contribution in [2.75, 3.05) is 0 Å². The van der Waals surface area contributed by atoms with Crippen molar-refractivity contribution >= 4 is 11.9 Å².